The minimum Gasteiger partial charge on any atom is -0.477 e. The fourth-order valence-electron chi connectivity index (χ4n) is 5.34. The summed E-state index contributed by atoms with van der Waals surface area (Å²) in [7, 11) is 5.49. The van der Waals surface area contributed by atoms with E-state index < -0.39 is 18.1 Å². The maximum atomic E-state index is 12.6. The molecule has 0 aromatic rings. The molecule has 0 aromatic carbocycles. The lowest BCUT2D eigenvalue weighted by molar-refractivity contribution is -0.887. The lowest BCUT2D eigenvalue weighted by Gasteiger charge is -2.31. The van der Waals surface area contributed by atoms with Gasteiger partial charge in [0.2, 0.25) is 0 Å². The van der Waals surface area contributed by atoms with Crippen molar-refractivity contribution in [3.05, 3.63) is 60.8 Å². The van der Waals surface area contributed by atoms with E-state index in [9.17, 15) is 19.5 Å². The first-order valence-corrected chi connectivity index (χ1v) is 19.9. The second kappa shape index (κ2) is 34.1. The van der Waals surface area contributed by atoms with Crippen molar-refractivity contribution in [1.29, 1.82) is 0 Å². The third-order valence-corrected chi connectivity index (χ3v) is 8.48. The topological polar surface area (TPSA) is 99.1 Å². The van der Waals surface area contributed by atoms with Gasteiger partial charge >= 0.3 is 17.9 Å². The molecule has 0 spiro atoms. The van der Waals surface area contributed by atoms with Crippen LogP contribution in [0.5, 0.6) is 0 Å². The van der Waals surface area contributed by atoms with E-state index in [0.717, 1.165) is 57.8 Å². The predicted molar refractivity (Wildman–Crippen MR) is 211 cm³/mol. The molecular weight excluding hydrogens is 642 g/mol. The zero-order valence-corrected chi connectivity index (χ0v) is 33.0. The van der Waals surface area contributed by atoms with Crippen molar-refractivity contribution in [3.8, 4) is 0 Å². The Morgan fingerprint density at radius 1 is 0.588 bits per heavy atom. The smallest absolute Gasteiger partial charge is 0.362 e. The number of carboxylic acid groups (broad SMARTS) is 1. The predicted octanol–water partition coefficient (Wildman–Crippen LogP) is 10.2. The molecule has 0 heterocycles. The van der Waals surface area contributed by atoms with Crippen LogP contribution in [0.15, 0.2) is 60.8 Å². The molecule has 0 bridgehead atoms. The molecule has 51 heavy (non-hydrogen) atoms. The van der Waals surface area contributed by atoms with Gasteiger partial charge < -0.3 is 23.8 Å². The van der Waals surface area contributed by atoms with E-state index in [0.29, 0.717) is 19.3 Å². The summed E-state index contributed by atoms with van der Waals surface area (Å²) in [4.78, 5) is 36.7. The van der Waals surface area contributed by atoms with Crippen LogP contribution < -0.4 is 0 Å². The molecule has 0 aliphatic rings. The van der Waals surface area contributed by atoms with E-state index >= 15 is 0 Å². The highest BCUT2D eigenvalue weighted by atomic mass is 16.6. The van der Waals surface area contributed by atoms with Crippen LogP contribution in [0.1, 0.15) is 142 Å². The molecule has 0 fully saturated rings. The van der Waals surface area contributed by atoms with Crippen LogP contribution in [0.4, 0.5) is 0 Å². The van der Waals surface area contributed by atoms with Crippen molar-refractivity contribution in [1.82, 2.24) is 0 Å². The van der Waals surface area contributed by atoms with Crippen LogP contribution >= 0.6 is 0 Å². The second-order valence-electron chi connectivity index (χ2n) is 14.3. The number of hydrogen-bond acceptors (Lipinski definition) is 6. The number of nitrogens with zero attached hydrogens (tertiary/aromatic N) is 1. The van der Waals surface area contributed by atoms with Crippen LogP contribution in [0, 0.1) is 0 Å². The van der Waals surface area contributed by atoms with E-state index in [1.807, 2.05) is 27.2 Å². The summed E-state index contributed by atoms with van der Waals surface area (Å²) in [5.74, 6) is -1.55. The zero-order chi connectivity index (χ0) is 37.8. The molecule has 8 heteroatoms. The summed E-state index contributed by atoms with van der Waals surface area (Å²) in [5, 5.41) is 9.58. The van der Waals surface area contributed by atoms with Crippen LogP contribution in [-0.4, -0.2) is 80.6 Å². The molecular formula is C43H74NO7+. The summed E-state index contributed by atoms with van der Waals surface area (Å²) in [5.41, 5.74) is 0. The van der Waals surface area contributed by atoms with E-state index in [2.05, 4.69) is 68.5 Å². The Balaban J connectivity index is 4.43. The Hall–Kier alpha value is -2.97. The zero-order valence-electron chi connectivity index (χ0n) is 33.0. The minimum atomic E-state index is -0.886. The largest absolute Gasteiger partial charge is 0.477 e. The number of aliphatic carboxylic acids is 1. The van der Waals surface area contributed by atoms with Gasteiger partial charge in [-0.1, -0.05) is 126 Å². The van der Waals surface area contributed by atoms with Gasteiger partial charge in [-0.2, -0.15) is 0 Å². The lowest BCUT2D eigenvalue weighted by atomic mass is 10.1. The van der Waals surface area contributed by atoms with Gasteiger partial charge in [-0.3, -0.25) is 9.59 Å². The first-order valence-electron chi connectivity index (χ1n) is 19.9. The van der Waals surface area contributed by atoms with E-state index in [1.165, 1.54) is 44.9 Å². The van der Waals surface area contributed by atoms with Crippen LogP contribution in [0.3, 0.4) is 0 Å². The molecule has 0 amide bonds. The Morgan fingerprint density at radius 3 is 1.69 bits per heavy atom. The Labute approximate surface area is 311 Å². The molecule has 2 atom stereocenters. The fourth-order valence-corrected chi connectivity index (χ4v) is 5.34. The standard InChI is InChI=1S/C43H73NO7/c1-6-8-10-12-14-16-17-18-19-20-21-22-23-24-26-27-29-31-33-41(45)50-38-39(37-49-36-35-40(43(47)48)44(3,4)5)51-42(46)34-32-30-28-25-15-13-11-9-7-2/h14,16-22,25,28,39-40H,6-13,15,23-24,26-27,29-38H2,1-5H3/p+1/b16-14+,18-17+,20-19+,22-21+,28-25+. The number of allylic oxidation sites excluding steroid dienone is 10. The van der Waals surface area contributed by atoms with Crippen LogP contribution in [0.2, 0.25) is 0 Å². The lowest BCUT2D eigenvalue weighted by Crippen LogP contribution is -2.50. The Bertz CT molecular complexity index is 1020. The van der Waals surface area contributed by atoms with Gasteiger partial charge in [0.1, 0.15) is 6.61 Å². The maximum Gasteiger partial charge on any atom is 0.362 e. The van der Waals surface area contributed by atoms with Gasteiger partial charge in [0.25, 0.3) is 0 Å². The third-order valence-electron chi connectivity index (χ3n) is 8.48. The van der Waals surface area contributed by atoms with E-state index in [4.69, 9.17) is 14.2 Å². The molecule has 0 rings (SSSR count). The number of carboxylic acids is 1. The summed E-state index contributed by atoms with van der Waals surface area (Å²) in [6, 6.07) is -0.623. The number of esters is 2. The minimum absolute atomic E-state index is 0.0393. The average Bonchev–Trinajstić information content (AvgIpc) is 3.08. The highest BCUT2D eigenvalue weighted by molar-refractivity contribution is 5.72. The maximum absolute atomic E-state index is 12.6. The second-order valence-corrected chi connectivity index (χ2v) is 14.3. The van der Waals surface area contributed by atoms with Gasteiger partial charge in [0.05, 0.1) is 34.4 Å². The highest BCUT2D eigenvalue weighted by Gasteiger charge is 2.31. The summed E-state index contributed by atoms with van der Waals surface area (Å²) < 4.78 is 17.1. The number of likely N-dealkylation sites (N-methyl/N-ethyl adjacent to an activating group) is 1. The first kappa shape index (κ1) is 48.0. The number of hydrogen-bond donors (Lipinski definition) is 1. The van der Waals surface area contributed by atoms with Gasteiger partial charge in [-0.15, -0.1) is 0 Å². The van der Waals surface area contributed by atoms with Crippen molar-refractivity contribution >= 4 is 17.9 Å². The fraction of sp³-hybridized carbons (Fsp3) is 0.698. The number of carbonyl (C=O) groups excluding carboxylic acids is 2. The highest BCUT2D eigenvalue weighted by Crippen LogP contribution is 2.12. The summed E-state index contributed by atoms with van der Waals surface area (Å²) in [6.07, 6.45) is 39.8. The monoisotopic (exact) mass is 717 g/mol. The van der Waals surface area contributed by atoms with Crippen LogP contribution in [0.25, 0.3) is 0 Å². The van der Waals surface area contributed by atoms with Crippen molar-refractivity contribution < 1.29 is 38.2 Å². The number of quaternary nitrogens is 1. The van der Waals surface area contributed by atoms with Crippen LogP contribution in [-0.2, 0) is 28.6 Å². The first-order chi connectivity index (χ1) is 24.6. The molecule has 1 N–H and O–H groups in total. The molecule has 2 unspecified atom stereocenters. The van der Waals surface area contributed by atoms with E-state index in [1.54, 1.807) is 0 Å². The van der Waals surface area contributed by atoms with Gasteiger partial charge in [-0.05, 0) is 57.8 Å². The van der Waals surface area contributed by atoms with Gasteiger partial charge in [0.15, 0.2) is 12.1 Å². The number of carbonyl (C=O) groups is 3. The van der Waals surface area contributed by atoms with Crippen molar-refractivity contribution in [3.63, 3.8) is 0 Å². The summed E-state index contributed by atoms with van der Waals surface area (Å²) >= 11 is 0. The molecule has 0 aliphatic carbocycles. The summed E-state index contributed by atoms with van der Waals surface area (Å²) in [6.45, 7) is 4.58. The molecule has 0 radical (unpaired) electrons. The molecule has 0 saturated carbocycles. The normalized spacial score (nSPS) is 13.7. The van der Waals surface area contributed by atoms with Crippen molar-refractivity contribution in [2.24, 2.45) is 0 Å². The SMILES string of the molecule is CCCCC/C=C/C=C/C=C/C=C/CCCCCCCC(=O)OCC(COCCC(C(=O)O)[N+](C)(C)C)OC(=O)CCC/C=C/CCCCCC. The Kier molecular flexibility index (Phi) is 32.1. The van der Waals surface area contributed by atoms with Crippen molar-refractivity contribution in [2.75, 3.05) is 41.0 Å². The number of unbranched alkanes of at least 4 members (excludes halogenated alkanes) is 13. The number of rotatable bonds is 34. The molecule has 0 aromatic heterocycles. The van der Waals surface area contributed by atoms with Gasteiger partial charge in [-0.25, -0.2) is 4.79 Å². The number of ether oxygens (including phenoxy) is 3. The molecule has 8 nitrogen and oxygen atoms in total. The van der Waals surface area contributed by atoms with Gasteiger partial charge in [0, 0.05) is 19.3 Å². The molecule has 0 aliphatic heterocycles. The molecule has 0 saturated heterocycles. The Morgan fingerprint density at radius 2 is 1.08 bits per heavy atom. The van der Waals surface area contributed by atoms with E-state index in [-0.39, 0.29) is 42.7 Å². The third kappa shape index (κ3) is 32.7. The molecule has 292 valence electrons. The average molecular weight is 717 g/mol. The quantitative estimate of drug-likeness (QED) is 0.0233. The van der Waals surface area contributed by atoms with Crippen molar-refractivity contribution in [2.45, 2.75) is 154 Å².